The first kappa shape index (κ1) is 20.0. The van der Waals surface area contributed by atoms with Crippen LogP contribution in [-0.2, 0) is 20.5 Å². The molecule has 1 aromatic heterocycles. The Kier molecular flexibility index (Phi) is 6.44. The summed E-state index contributed by atoms with van der Waals surface area (Å²) in [5.74, 6) is -1.56. The van der Waals surface area contributed by atoms with Crippen LogP contribution in [0.25, 0.3) is 6.08 Å². The molecular formula is C17H13ClF3NO3S. The van der Waals surface area contributed by atoms with E-state index >= 15 is 0 Å². The van der Waals surface area contributed by atoms with Gasteiger partial charge in [-0.1, -0.05) is 11.6 Å². The molecule has 1 aromatic carbocycles. The lowest BCUT2D eigenvalue weighted by Gasteiger charge is -2.15. The van der Waals surface area contributed by atoms with Gasteiger partial charge in [-0.15, -0.1) is 0 Å². The number of hydrogen-bond donors (Lipinski definition) is 1. The second-order valence-electron chi connectivity index (χ2n) is 5.15. The number of ether oxygens (including phenoxy) is 1. The summed E-state index contributed by atoms with van der Waals surface area (Å²) in [6.07, 6.45) is -3.12. The van der Waals surface area contributed by atoms with Gasteiger partial charge in [0.1, 0.15) is 0 Å². The molecule has 0 aliphatic carbocycles. The zero-order valence-electron chi connectivity index (χ0n) is 13.3. The van der Waals surface area contributed by atoms with Gasteiger partial charge in [-0.05, 0) is 53.6 Å². The monoisotopic (exact) mass is 403 g/mol. The maximum atomic E-state index is 12.7. The van der Waals surface area contributed by atoms with Crippen LogP contribution >= 0.6 is 22.9 Å². The first-order valence-electron chi connectivity index (χ1n) is 7.25. The van der Waals surface area contributed by atoms with Crippen LogP contribution in [0, 0.1) is 0 Å². The van der Waals surface area contributed by atoms with Gasteiger partial charge in [0.2, 0.25) is 0 Å². The van der Waals surface area contributed by atoms with Crippen molar-refractivity contribution < 1.29 is 27.5 Å². The van der Waals surface area contributed by atoms with E-state index in [4.69, 9.17) is 16.3 Å². The summed E-state index contributed by atoms with van der Waals surface area (Å²) in [5, 5.41) is 5.81. The van der Waals surface area contributed by atoms with E-state index in [1.54, 1.807) is 6.07 Å². The van der Waals surface area contributed by atoms with Gasteiger partial charge in [-0.3, -0.25) is 4.79 Å². The molecular weight excluding hydrogens is 391 g/mol. The molecule has 9 heteroatoms. The molecule has 1 heterocycles. The largest absolute Gasteiger partial charge is 0.449 e. The number of esters is 1. The van der Waals surface area contributed by atoms with Crippen molar-refractivity contribution >= 4 is 46.6 Å². The van der Waals surface area contributed by atoms with Gasteiger partial charge in [0.15, 0.2) is 6.10 Å². The number of anilines is 1. The number of halogens is 4. The molecule has 138 valence electrons. The SMILES string of the molecule is C[C@H](OC(=O)/C=C/c1ccsc1)C(=O)Nc1cc(C(F)(F)F)ccc1Cl. The quantitative estimate of drug-likeness (QED) is 0.564. The highest BCUT2D eigenvalue weighted by Gasteiger charge is 2.31. The highest BCUT2D eigenvalue weighted by molar-refractivity contribution is 7.08. The van der Waals surface area contributed by atoms with E-state index in [0.717, 1.165) is 23.8 Å². The summed E-state index contributed by atoms with van der Waals surface area (Å²) < 4.78 is 43.1. The fourth-order valence-corrected chi connectivity index (χ4v) is 2.63. The lowest BCUT2D eigenvalue weighted by molar-refractivity contribution is -0.148. The number of rotatable bonds is 5. The number of carbonyl (C=O) groups excluding carboxylic acids is 2. The van der Waals surface area contributed by atoms with E-state index in [1.807, 2.05) is 10.8 Å². The Bertz CT molecular complexity index is 819. The van der Waals surface area contributed by atoms with E-state index in [1.165, 1.54) is 24.3 Å². The standard InChI is InChI=1S/C17H13ClF3NO3S/c1-10(25-15(23)5-2-11-6-7-26-9-11)16(24)22-14-8-12(17(19,20)21)3-4-13(14)18/h2-10H,1H3,(H,22,24)/b5-2+/t10-/m0/s1. The van der Waals surface area contributed by atoms with Crippen LogP contribution in [0.3, 0.4) is 0 Å². The van der Waals surface area contributed by atoms with Crippen molar-refractivity contribution in [3.63, 3.8) is 0 Å². The number of nitrogens with one attached hydrogen (secondary N) is 1. The highest BCUT2D eigenvalue weighted by atomic mass is 35.5. The summed E-state index contributed by atoms with van der Waals surface area (Å²) in [4.78, 5) is 23.7. The zero-order chi connectivity index (χ0) is 19.3. The van der Waals surface area contributed by atoms with Gasteiger partial charge in [0.25, 0.3) is 5.91 Å². The van der Waals surface area contributed by atoms with E-state index < -0.39 is 29.7 Å². The summed E-state index contributed by atoms with van der Waals surface area (Å²) in [5.41, 5.74) is -0.372. The first-order valence-corrected chi connectivity index (χ1v) is 8.57. The fraction of sp³-hybridized carbons (Fsp3) is 0.176. The molecule has 2 aromatic rings. The molecule has 1 atom stereocenters. The summed E-state index contributed by atoms with van der Waals surface area (Å²) in [6, 6.07) is 4.34. The molecule has 0 saturated carbocycles. The summed E-state index contributed by atoms with van der Waals surface area (Å²) in [6.45, 7) is 1.30. The fourth-order valence-electron chi connectivity index (χ4n) is 1.83. The van der Waals surface area contributed by atoms with Gasteiger partial charge < -0.3 is 10.1 Å². The Morgan fingerprint density at radius 1 is 1.31 bits per heavy atom. The minimum absolute atomic E-state index is 0.0674. The highest BCUT2D eigenvalue weighted by Crippen LogP contribution is 2.33. The van der Waals surface area contributed by atoms with E-state index in [2.05, 4.69) is 5.32 Å². The Hall–Kier alpha value is -2.32. The number of carbonyl (C=O) groups is 2. The molecule has 4 nitrogen and oxygen atoms in total. The van der Waals surface area contributed by atoms with E-state index in [0.29, 0.717) is 6.07 Å². The van der Waals surface area contributed by atoms with Crippen molar-refractivity contribution in [1.29, 1.82) is 0 Å². The molecule has 26 heavy (non-hydrogen) atoms. The first-order chi connectivity index (χ1) is 12.2. The third-order valence-electron chi connectivity index (χ3n) is 3.17. The van der Waals surface area contributed by atoms with E-state index in [9.17, 15) is 22.8 Å². The van der Waals surface area contributed by atoms with Crippen LogP contribution in [-0.4, -0.2) is 18.0 Å². The molecule has 0 spiro atoms. The minimum Gasteiger partial charge on any atom is -0.449 e. The van der Waals surface area contributed by atoms with Crippen LogP contribution in [0.2, 0.25) is 5.02 Å². The maximum absolute atomic E-state index is 12.7. The van der Waals surface area contributed by atoms with Gasteiger partial charge >= 0.3 is 12.1 Å². The van der Waals surface area contributed by atoms with Crippen LogP contribution in [0.15, 0.2) is 41.1 Å². The molecule has 0 unspecified atom stereocenters. The van der Waals surface area contributed by atoms with Crippen molar-refractivity contribution in [2.45, 2.75) is 19.2 Å². The average Bonchev–Trinajstić information content (AvgIpc) is 3.07. The zero-order valence-corrected chi connectivity index (χ0v) is 14.9. The van der Waals surface area contributed by atoms with Crippen LogP contribution in [0.5, 0.6) is 0 Å². The number of hydrogen-bond acceptors (Lipinski definition) is 4. The molecule has 0 saturated heterocycles. The van der Waals surface area contributed by atoms with Gasteiger partial charge in [0, 0.05) is 6.08 Å². The van der Waals surface area contributed by atoms with Crippen LogP contribution in [0.1, 0.15) is 18.1 Å². The number of alkyl halides is 3. The molecule has 0 bridgehead atoms. The number of amides is 1. The molecule has 1 amide bonds. The second-order valence-corrected chi connectivity index (χ2v) is 6.34. The van der Waals surface area contributed by atoms with Gasteiger partial charge in [-0.2, -0.15) is 24.5 Å². The maximum Gasteiger partial charge on any atom is 0.416 e. The Labute approximate surface area is 156 Å². The lowest BCUT2D eigenvalue weighted by atomic mass is 10.2. The van der Waals surface area contributed by atoms with Crippen LogP contribution in [0.4, 0.5) is 18.9 Å². The molecule has 0 fully saturated rings. The third kappa shape index (κ3) is 5.60. The number of thiophene rings is 1. The Morgan fingerprint density at radius 3 is 2.65 bits per heavy atom. The lowest BCUT2D eigenvalue weighted by Crippen LogP contribution is -2.29. The molecule has 0 radical (unpaired) electrons. The minimum atomic E-state index is -4.57. The molecule has 1 N–H and O–H groups in total. The smallest absolute Gasteiger partial charge is 0.416 e. The van der Waals surface area contributed by atoms with E-state index in [-0.39, 0.29) is 10.7 Å². The molecule has 2 rings (SSSR count). The molecule has 0 aliphatic heterocycles. The Balaban J connectivity index is 1.99. The number of benzene rings is 1. The van der Waals surface area contributed by atoms with Gasteiger partial charge in [0.05, 0.1) is 16.3 Å². The van der Waals surface area contributed by atoms with Crippen molar-refractivity contribution in [2.24, 2.45) is 0 Å². The summed E-state index contributed by atoms with van der Waals surface area (Å²) in [7, 11) is 0. The Morgan fingerprint density at radius 2 is 2.04 bits per heavy atom. The third-order valence-corrected chi connectivity index (χ3v) is 4.20. The molecule has 0 aliphatic rings. The predicted octanol–water partition coefficient (Wildman–Crippen LogP) is 5.00. The van der Waals surface area contributed by atoms with Crippen molar-refractivity contribution in [3.8, 4) is 0 Å². The topological polar surface area (TPSA) is 55.4 Å². The van der Waals surface area contributed by atoms with Crippen molar-refractivity contribution in [2.75, 3.05) is 5.32 Å². The van der Waals surface area contributed by atoms with Crippen LogP contribution < -0.4 is 5.32 Å². The van der Waals surface area contributed by atoms with Crippen molar-refractivity contribution in [3.05, 3.63) is 57.3 Å². The second kappa shape index (κ2) is 8.37. The normalized spacial score (nSPS) is 12.8. The van der Waals surface area contributed by atoms with Crippen molar-refractivity contribution in [1.82, 2.24) is 0 Å². The van der Waals surface area contributed by atoms with Gasteiger partial charge in [-0.25, -0.2) is 4.79 Å². The average molecular weight is 404 g/mol. The predicted molar refractivity (Wildman–Crippen MR) is 94.0 cm³/mol. The summed E-state index contributed by atoms with van der Waals surface area (Å²) >= 11 is 7.26.